The normalized spacial score (nSPS) is 12.2. The van der Waals surface area contributed by atoms with E-state index in [-0.39, 0.29) is 17.0 Å². The molecule has 0 saturated heterocycles. The molecule has 4 nitrogen and oxygen atoms in total. The molecule has 0 aliphatic rings. The number of benzene rings is 1. The zero-order valence-corrected chi connectivity index (χ0v) is 9.29. The van der Waals surface area contributed by atoms with Gasteiger partial charge in [0.1, 0.15) is 0 Å². The standard InChI is InChI=1S/C10H11ClFNO3/c1-16-8(14)4-7(13)9-5(11)2-3-6(12)10(9)15/h2-3,7,15H,4,13H2,1H3/t7-/m1/s1. The maximum atomic E-state index is 13.1. The minimum Gasteiger partial charge on any atom is -0.505 e. The number of phenolic OH excluding ortho intramolecular Hbond substituents is 1. The Labute approximate surface area is 96.8 Å². The third-order valence-electron chi connectivity index (χ3n) is 2.10. The number of esters is 1. The Balaban J connectivity index is 3.03. The summed E-state index contributed by atoms with van der Waals surface area (Å²) in [6.07, 6.45) is -0.187. The molecule has 6 heteroatoms. The first-order chi connectivity index (χ1) is 7.47. The molecule has 1 atom stereocenters. The van der Waals surface area contributed by atoms with Crippen LogP contribution in [0.25, 0.3) is 0 Å². The molecule has 0 radical (unpaired) electrons. The van der Waals surface area contributed by atoms with Gasteiger partial charge in [-0.05, 0) is 12.1 Å². The first kappa shape index (κ1) is 12.7. The monoisotopic (exact) mass is 247 g/mol. The summed E-state index contributed by atoms with van der Waals surface area (Å²) < 4.78 is 17.5. The first-order valence-corrected chi connectivity index (χ1v) is 4.84. The lowest BCUT2D eigenvalue weighted by atomic mass is 10.0. The van der Waals surface area contributed by atoms with Crippen molar-refractivity contribution in [3.63, 3.8) is 0 Å². The Morgan fingerprint density at radius 2 is 2.31 bits per heavy atom. The van der Waals surface area contributed by atoms with Crippen LogP contribution in [-0.2, 0) is 9.53 Å². The van der Waals surface area contributed by atoms with Crippen molar-refractivity contribution < 1.29 is 19.0 Å². The van der Waals surface area contributed by atoms with Crippen LogP contribution in [0.2, 0.25) is 5.02 Å². The van der Waals surface area contributed by atoms with E-state index < -0.39 is 23.6 Å². The molecule has 0 fully saturated rings. The van der Waals surface area contributed by atoms with E-state index in [1.165, 1.54) is 13.2 Å². The number of aromatic hydroxyl groups is 1. The Kier molecular flexibility index (Phi) is 4.09. The summed E-state index contributed by atoms with van der Waals surface area (Å²) in [4.78, 5) is 11.0. The van der Waals surface area contributed by atoms with Gasteiger partial charge in [-0.25, -0.2) is 4.39 Å². The number of halogens is 2. The van der Waals surface area contributed by atoms with Crippen LogP contribution in [0.1, 0.15) is 18.0 Å². The molecule has 88 valence electrons. The van der Waals surface area contributed by atoms with Crippen LogP contribution < -0.4 is 5.73 Å². The van der Waals surface area contributed by atoms with E-state index in [1.807, 2.05) is 0 Å². The molecule has 0 unspecified atom stereocenters. The van der Waals surface area contributed by atoms with Gasteiger partial charge in [-0.1, -0.05) is 11.6 Å². The fourth-order valence-electron chi connectivity index (χ4n) is 1.27. The van der Waals surface area contributed by atoms with Crippen molar-refractivity contribution in [2.75, 3.05) is 7.11 Å². The molecule has 1 aromatic carbocycles. The topological polar surface area (TPSA) is 72.5 Å². The molecule has 0 amide bonds. The summed E-state index contributed by atoms with van der Waals surface area (Å²) in [6, 6.07) is 1.38. The van der Waals surface area contributed by atoms with E-state index >= 15 is 0 Å². The number of hydrogen-bond donors (Lipinski definition) is 2. The second-order valence-corrected chi connectivity index (χ2v) is 3.59. The van der Waals surface area contributed by atoms with Gasteiger partial charge in [0.2, 0.25) is 0 Å². The molecule has 0 aliphatic carbocycles. The van der Waals surface area contributed by atoms with Gasteiger partial charge in [0.15, 0.2) is 11.6 Å². The number of hydrogen-bond acceptors (Lipinski definition) is 4. The summed E-state index contributed by atoms with van der Waals surface area (Å²) in [6.45, 7) is 0. The molecule has 0 saturated carbocycles. The van der Waals surface area contributed by atoms with Crippen molar-refractivity contribution >= 4 is 17.6 Å². The maximum Gasteiger partial charge on any atom is 0.307 e. The molecule has 0 aliphatic heterocycles. The van der Waals surface area contributed by atoms with Crippen molar-refractivity contribution in [1.29, 1.82) is 0 Å². The Morgan fingerprint density at radius 3 is 2.88 bits per heavy atom. The van der Waals surface area contributed by atoms with Crippen LogP contribution in [0.3, 0.4) is 0 Å². The highest BCUT2D eigenvalue weighted by Gasteiger charge is 2.20. The van der Waals surface area contributed by atoms with Gasteiger partial charge in [-0.15, -0.1) is 0 Å². The lowest BCUT2D eigenvalue weighted by Crippen LogP contribution is -2.17. The molecule has 0 bridgehead atoms. The predicted molar refractivity (Wildman–Crippen MR) is 56.6 cm³/mol. The Morgan fingerprint density at radius 1 is 1.69 bits per heavy atom. The average molecular weight is 248 g/mol. The van der Waals surface area contributed by atoms with Crippen molar-refractivity contribution in [1.82, 2.24) is 0 Å². The molecule has 0 spiro atoms. The molecular formula is C10H11ClFNO3. The summed E-state index contributed by atoms with van der Waals surface area (Å²) in [7, 11) is 1.21. The quantitative estimate of drug-likeness (QED) is 0.798. The number of rotatable bonds is 3. The number of phenols is 1. The maximum absolute atomic E-state index is 13.1. The fourth-order valence-corrected chi connectivity index (χ4v) is 1.57. The van der Waals surface area contributed by atoms with Gasteiger partial charge >= 0.3 is 5.97 Å². The fraction of sp³-hybridized carbons (Fsp3) is 0.300. The van der Waals surface area contributed by atoms with Crippen LogP contribution in [0.5, 0.6) is 5.75 Å². The van der Waals surface area contributed by atoms with Crippen LogP contribution in [0.15, 0.2) is 12.1 Å². The zero-order chi connectivity index (χ0) is 12.3. The van der Waals surface area contributed by atoms with Crippen molar-refractivity contribution in [2.45, 2.75) is 12.5 Å². The molecule has 0 heterocycles. The summed E-state index contributed by atoms with van der Waals surface area (Å²) in [5.41, 5.74) is 5.64. The highest BCUT2D eigenvalue weighted by Crippen LogP contribution is 2.33. The Hall–Kier alpha value is -1.33. The van der Waals surface area contributed by atoms with Gasteiger partial charge in [0.25, 0.3) is 0 Å². The van der Waals surface area contributed by atoms with Gasteiger partial charge in [-0.2, -0.15) is 0 Å². The van der Waals surface area contributed by atoms with Gasteiger partial charge in [0, 0.05) is 16.6 Å². The second kappa shape index (κ2) is 5.14. The third-order valence-corrected chi connectivity index (χ3v) is 2.43. The number of nitrogens with two attached hydrogens (primary N) is 1. The third kappa shape index (κ3) is 2.62. The van der Waals surface area contributed by atoms with Crippen LogP contribution >= 0.6 is 11.6 Å². The minimum absolute atomic E-state index is 0.00654. The van der Waals surface area contributed by atoms with E-state index in [0.29, 0.717) is 0 Å². The summed E-state index contributed by atoms with van der Waals surface area (Å²) >= 11 is 5.76. The van der Waals surface area contributed by atoms with Gasteiger partial charge in [0.05, 0.1) is 13.5 Å². The highest BCUT2D eigenvalue weighted by atomic mass is 35.5. The highest BCUT2D eigenvalue weighted by molar-refractivity contribution is 6.31. The average Bonchev–Trinajstić information content (AvgIpc) is 2.24. The summed E-state index contributed by atoms with van der Waals surface area (Å²) in [5.74, 6) is -2.03. The molecule has 0 aromatic heterocycles. The molecule has 1 aromatic rings. The number of ether oxygens (including phenoxy) is 1. The lowest BCUT2D eigenvalue weighted by Gasteiger charge is -2.14. The Bertz CT molecular complexity index is 411. The second-order valence-electron chi connectivity index (χ2n) is 3.18. The molecule has 16 heavy (non-hydrogen) atoms. The minimum atomic E-state index is -0.907. The van der Waals surface area contributed by atoms with E-state index in [4.69, 9.17) is 17.3 Å². The SMILES string of the molecule is COC(=O)C[C@@H](N)c1c(Cl)ccc(F)c1O. The van der Waals surface area contributed by atoms with E-state index in [9.17, 15) is 14.3 Å². The zero-order valence-electron chi connectivity index (χ0n) is 8.54. The van der Waals surface area contributed by atoms with E-state index in [0.717, 1.165) is 6.07 Å². The smallest absolute Gasteiger partial charge is 0.307 e. The van der Waals surface area contributed by atoms with E-state index in [1.54, 1.807) is 0 Å². The molecular weight excluding hydrogens is 237 g/mol. The lowest BCUT2D eigenvalue weighted by molar-refractivity contribution is -0.141. The van der Waals surface area contributed by atoms with Crippen molar-refractivity contribution in [3.8, 4) is 5.75 Å². The van der Waals surface area contributed by atoms with Crippen LogP contribution in [-0.4, -0.2) is 18.2 Å². The van der Waals surface area contributed by atoms with Gasteiger partial charge < -0.3 is 15.6 Å². The number of carbonyl (C=O) groups excluding carboxylic acids is 1. The van der Waals surface area contributed by atoms with E-state index in [2.05, 4.69) is 4.74 Å². The predicted octanol–water partition coefficient (Wildman–Crippen LogP) is 1.75. The van der Waals surface area contributed by atoms with Crippen LogP contribution in [0, 0.1) is 5.82 Å². The van der Waals surface area contributed by atoms with Crippen molar-refractivity contribution in [2.24, 2.45) is 5.73 Å². The number of methoxy groups -OCH3 is 1. The summed E-state index contributed by atoms with van der Waals surface area (Å²) in [5, 5.41) is 9.55. The van der Waals surface area contributed by atoms with Crippen molar-refractivity contribution in [3.05, 3.63) is 28.5 Å². The molecule has 3 N–H and O–H groups in total. The largest absolute Gasteiger partial charge is 0.505 e. The first-order valence-electron chi connectivity index (χ1n) is 4.46. The number of carbonyl (C=O) groups is 1. The molecule has 1 rings (SSSR count). The van der Waals surface area contributed by atoms with Crippen LogP contribution in [0.4, 0.5) is 4.39 Å². The van der Waals surface area contributed by atoms with Gasteiger partial charge in [-0.3, -0.25) is 4.79 Å².